The van der Waals surface area contributed by atoms with Gasteiger partial charge in [-0.15, -0.1) is 0 Å². The molecule has 1 aliphatic heterocycles. The van der Waals surface area contributed by atoms with Crippen LogP contribution in [0.25, 0.3) is 0 Å². The second kappa shape index (κ2) is 11.9. The minimum Gasteiger partial charge on any atom is -0.394 e. The van der Waals surface area contributed by atoms with Crippen molar-refractivity contribution in [2.75, 3.05) is 13.7 Å². The van der Waals surface area contributed by atoms with Crippen molar-refractivity contribution < 1.29 is 48.7 Å². The summed E-state index contributed by atoms with van der Waals surface area (Å²) in [6, 6.07) is 1.16. The number of rotatable bonds is 3. The Kier molecular flexibility index (Phi) is 11.6. The van der Waals surface area contributed by atoms with E-state index in [2.05, 4.69) is 16.8 Å². The summed E-state index contributed by atoms with van der Waals surface area (Å²) in [4.78, 5) is 61.6. The molecule has 1 aromatic rings. The van der Waals surface area contributed by atoms with Crippen LogP contribution in [0.1, 0.15) is 6.23 Å². The molecule has 1 saturated heterocycles. The van der Waals surface area contributed by atoms with Crippen molar-refractivity contribution in [3.63, 3.8) is 0 Å². The van der Waals surface area contributed by atoms with Crippen LogP contribution in [0.5, 0.6) is 0 Å². The van der Waals surface area contributed by atoms with Crippen LogP contribution in [0.4, 0.5) is 0 Å². The van der Waals surface area contributed by atoms with Gasteiger partial charge in [-0.3, -0.25) is 18.9 Å². The maximum Gasteiger partial charge on any atom is 0.330 e. The Labute approximate surface area is 157 Å². The lowest BCUT2D eigenvalue weighted by molar-refractivity contribution is -0.0625. The Morgan fingerprint density at radius 2 is 1.85 bits per heavy atom. The van der Waals surface area contributed by atoms with E-state index in [-0.39, 0.29) is 0 Å². The highest BCUT2D eigenvalue weighted by atomic mass is 32.5. The number of nitrogens with one attached hydrogen (secondary N) is 1. The van der Waals surface area contributed by atoms with Crippen molar-refractivity contribution in [1.82, 2.24) is 9.55 Å². The summed E-state index contributed by atoms with van der Waals surface area (Å²) >= 11 is 3.60. The predicted molar refractivity (Wildman–Crippen MR) is 93.5 cm³/mol. The molecule has 0 spiro atoms. The third-order valence-corrected chi connectivity index (χ3v) is 2.89. The Bertz CT molecular complexity index is 751. The van der Waals surface area contributed by atoms with Crippen molar-refractivity contribution in [2.45, 2.75) is 24.5 Å². The van der Waals surface area contributed by atoms with E-state index >= 15 is 0 Å². The van der Waals surface area contributed by atoms with Crippen molar-refractivity contribution in [3.05, 3.63) is 33.1 Å². The highest BCUT2D eigenvalue weighted by Crippen LogP contribution is 2.29. The summed E-state index contributed by atoms with van der Waals surface area (Å²) in [5, 5.41) is 18.9. The van der Waals surface area contributed by atoms with Gasteiger partial charge >= 0.3 is 20.7 Å². The quantitative estimate of drug-likeness (QED) is 0.206. The molecule has 158 valence electrons. The van der Waals surface area contributed by atoms with Crippen LogP contribution in [0, 0.1) is 0 Å². The lowest BCUT2D eigenvalue weighted by Crippen LogP contribution is -2.38. The monoisotopic (exact) mass is 454 g/mol. The molecule has 0 aliphatic carbocycles. The lowest BCUT2D eigenvalue weighted by Gasteiger charge is -2.19. The van der Waals surface area contributed by atoms with Crippen LogP contribution in [0.3, 0.4) is 0 Å². The number of H-pyrrole nitrogens is 1. The molecule has 0 amide bonds. The van der Waals surface area contributed by atoms with Crippen molar-refractivity contribution in [1.29, 1.82) is 0 Å². The molecule has 2 heterocycles. The second-order valence-corrected chi connectivity index (χ2v) is 7.81. The van der Waals surface area contributed by atoms with E-state index < -0.39 is 57.4 Å². The molecule has 0 unspecified atom stereocenters. The molecule has 0 saturated carbocycles. The molecule has 2 rings (SSSR count). The number of aromatic nitrogens is 2. The molecule has 0 radical (unpaired) electrons. The molecular weight excluding hydrogens is 434 g/mol. The summed E-state index contributed by atoms with van der Waals surface area (Å²) in [6.45, 7) is -4.20. The largest absolute Gasteiger partial charge is 0.394 e. The van der Waals surface area contributed by atoms with E-state index in [9.17, 15) is 14.7 Å². The number of aliphatic hydroxyl groups is 2. The van der Waals surface area contributed by atoms with Crippen LogP contribution in [-0.4, -0.2) is 76.3 Å². The summed E-state index contributed by atoms with van der Waals surface area (Å²) in [7, 11) is -1.77. The van der Waals surface area contributed by atoms with Gasteiger partial charge in [-0.2, -0.15) is 0 Å². The van der Waals surface area contributed by atoms with E-state index in [1.165, 1.54) is 13.3 Å². The van der Waals surface area contributed by atoms with Crippen molar-refractivity contribution in [2.24, 2.45) is 0 Å². The van der Waals surface area contributed by atoms with Gasteiger partial charge < -0.3 is 44.2 Å². The zero-order chi connectivity index (χ0) is 21.4. The normalized spacial score (nSPS) is 24.6. The summed E-state index contributed by atoms with van der Waals surface area (Å²) in [5.41, 5.74) is -1.19. The molecule has 1 aromatic heterocycles. The summed E-state index contributed by atoms with van der Waals surface area (Å²) in [5.74, 6) is 0. The molecule has 4 atom stereocenters. The van der Waals surface area contributed by atoms with Gasteiger partial charge in [-0.1, -0.05) is 0 Å². The minimum absolute atomic E-state index is 0.393. The van der Waals surface area contributed by atoms with Gasteiger partial charge in [0.1, 0.15) is 18.3 Å². The lowest BCUT2D eigenvalue weighted by atomic mass is 10.1. The first kappa shape index (κ1) is 26.2. The van der Waals surface area contributed by atoms with Gasteiger partial charge in [-0.25, -0.2) is 4.79 Å². The van der Waals surface area contributed by atoms with Gasteiger partial charge in [0.05, 0.1) is 6.61 Å². The fourth-order valence-electron chi connectivity index (χ4n) is 1.98. The number of hydrogen-bond acceptors (Lipinski definition) is 8. The number of hydrogen-bond donors (Lipinski definition) is 8. The van der Waals surface area contributed by atoms with Crippen LogP contribution in [-0.2, 0) is 25.8 Å². The molecule has 1 fully saturated rings. The van der Waals surface area contributed by atoms with Gasteiger partial charge in [-0.05, 0) is 11.8 Å². The Morgan fingerprint density at radius 1 is 1.37 bits per heavy atom. The fourth-order valence-corrected chi connectivity index (χ4v) is 1.98. The van der Waals surface area contributed by atoms with E-state index in [0.29, 0.717) is 0 Å². The number of nitrogens with zero attached hydrogens (tertiary/aromatic N) is 1. The number of ether oxygens (including phenoxy) is 2. The Morgan fingerprint density at radius 3 is 2.22 bits per heavy atom. The maximum absolute atomic E-state index is 11.6. The van der Waals surface area contributed by atoms with Crippen molar-refractivity contribution in [3.8, 4) is 0 Å². The van der Waals surface area contributed by atoms with E-state index in [1.54, 1.807) is 0 Å². The standard InChI is InChI=1S/C10H14N2O6.H3O3PS.H3O3P/c1-17-8-7(15)5(4-13)18-9(8)12-3-2-6(14)11-10(12)16;1-4(2,3)5;1-4(2)3/h2-3,5,7-9,13,15H,4H2,1H3,(H,11,14,16);(H3,1,2,3,5);4H,(H2,1,2,3)/t5-,7-,8-,9-;;/m1../s1. The highest BCUT2D eigenvalue weighted by molar-refractivity contribution is 8.06. The van der Waals surface area contributed by atoms with E-state index in [1.807, 2.05) is 0 Å². The third-order valence-electron chi connectivity index (χ3n) is 2.89. The van der Waals surface area contributed by atoms with E-state index in [4.69, 9.17) is 43.6 Å². The Hall–Kier alpha value is -0.800. The van der Waals surface area contributed by atoms with Crippen molar-refractivity contribution >= 4 is 26.8 Å². The first-order chi connectivity index (χ1) is 12.3. The predicted octanol–water partition coefficient (Wildman–Crippen LogP) is -3.65. The number of aliphatic hydroxyl groups excluding tert-OH is 2. The van der Waals surface area contributed by atoms with E-state index in [0.717, 1.165) is 10.6 Å². The molecule has 0 aromatic carbocycles. The van der Waals surface area contributed by atoms with Crippen LogP contribution in [0.2, 0.25) is 0 Å². The maximum atomic E-state index is 11.6. The molecule has 17 heteroatoms. The highest BCUT2D eigenvalue weighted by Gasteiger charge is 2.45. The first-order valence-electron chi connectivity index (χ1n) is 6.80. The third kappa shape index (κ3) is 10.4. The minimum atomic E-state index is -3.81. The number of methoxy groups -OCH3 is 1. The molecule has 1 aliphatic rings. The van der Waals surface area contributed by atoms with Crippen LogP contribution < -0.4 is 11.2 Å². The van der Waals surface area contributed by atoms with Gasteiger partial charge in [0.2, 0.25) is 0 Å². The Balaban J connectivity index is 0.000000630. The zero-order valence-electron chi connectivity index (χ0n) is 13.6. The first-order valence-corrected chi connectivity index (χ1v) is 10.8. The molecule has 14 nitrogen and oxygen atoms in total. The topological polar surface area (TPSA) is 232 Å². The smallest absolute Gasteiger partial charge is 0.330 e. The van der Waals surface area contributed by atoms with Gasteiger partial charge in [0.15, 0.2) is 6.23 Å². The molecule has 8 N–H and O–H groups in total. The molecular formula is C10H20N2O12P2S. The molecule has 27 heavy (non-hydrogen) atoms. The average molecular weight is 454 g/mol. The number of aromatic amines is 1. The SMILES string of the molecule is CO[C@@H]1[C@H](O)[C@@H](CO)O[C@H]1n1ccc(=O)[nH]c1=O.O=[PH](O)O.OP(O)(O)=S. The fraction of sp³-hybridized carbons (Fsp3) is 0.600. The summed E-state index contributed by atoms with van der Waals surface area (Å²) < 4.78 is 20.3. The average Bonchev–Trinajstić information content (AvgIpc) is 2.80. The van der Waals surface area contributed by atoms with Gasteiger partial charge in [0, 0.05) is 19.4 Å². The van der Waals surface area contributed by atoms with Gasteiger partial charge in [0.25, 0.3) is 5.56 Å². The van der Waals surface area contributed by atoms with Crippen LogP contribution in [0.15, 0.2) is 21.9 Å². The molecule has 0 bridgehead atoms. The zero-order valence-corrected chi connectivity index (χ0v) is 16.4. The summed E-state index contributed by atoms with van der Waals surface area (Å²) in [6.07, 6.45) is -2.33. The second-order valence-electron chi connectivity index (χ2n) is 4.75. The van der Waals surface area contributed by atoms with Crippen LogP contribution >= 0.6 is 15.0 Å².